The number of hydrogen-bond donors (Lipinski definition) is 1. The predicted molar refractivity (Wildman–Crippen MR) is 61.2 cm³/mol. The normalized spacial score (nSPS) is 27.9. The first kappa shape index (κ1) is 11.3. The largest absolute Gasteiger partial charge is 0.329 e. The summed E-state index contributed by atoms with van der Waals surface area (Å²) < 4.78 is 0. The van der Waals surface area contributed by atoms with E-state index in [9.17, 15) is 0 Å². The van der Waals surface area contributed by atoms with Crippen molar-refractivity contribution in [3.8, 4) is 0 Å². The van der Waals surface area contributed by atoms with Crippen molar-refractivity contribution in [3.05, 3.63) is 0 Å². The molecule has 1 saturated heterocycles. The van der Waals surface area contributed by atoms with Crippen LogP contribution < -0.4 is 5.73 Å². The maximum Gasteiger partial charge on any atom is 0.0301 e. The second-order valence-corrected chi connectivity index (χ2v) is 5.33. The summed E-state index contributed by atoms with van der Waals surface area (Å²) in [4.78, 5) is 2.49. The summed E-state index contributed by atoms with van der Waals surface area (Å²) in [6.07, 6.45) is 2.47. The molecule has 0 aromatic heterocycles. The van der Waals surface area contributed by atoms with E-state index in [2.05, 4.69) is 37.6 Å². The van der Waals surface area contributed by atoms with Crippen LogP contribution in [0, 0.1) is 0 Å². The number of nitrogens with zero attached hydrogens (tertiary/aromatic N) is 1. The van der Waals surface area contributed by atoms with Crippen molar-refractivity contribution in [3.63, 3.8) is 0 Å². The van der Waals surface area contributed by atoms with Gasteiger partial charge in [-0.25, -0.2) is 0 Å². The minimum absolute atomic E-state index is 0.204. The minimum Gasteiger partial charge on any atom is -0.329 e. The van der Waals surface area contributed by atoms with Gasteiger partial charge in [-0.2, -0.15) is 11.8 Å². The highest BCUT2D eigenvalue weighted by Crippen LogP contribution is 2.27. The SMILES string of the molecule is CCC(C)(CN)N(C)C1CCSC1. The van der Waals surface area contributed by atoms with Crippen molar-refractivity contribution in [1.82, 2.24) is 4.90 Å². The lowest BCUT2D eigenvalue weighted by Gasteiger charge is -2.41. The first-order chi connectivity index (χ1) is 6.14. The molecule has 2 atom stereocenters. The first-order valence-electron chi connectivity index (χ1n) is 5.15. The van der Waals surface area contributed by atoms with Gasteiger partial charge in [0.15, 0.2) is 0 Å². The third-order valence-electron chi connectivity index (χ3n) is 3.51. The molecule has 0 radical (unpaired) electrons. The molecule has 0 spiro atoms. The smallest absolute Gasteiger partial charge is 0.0301 e. The monoisotopic (exact) mass is 202 g/mol. The van der Waals surface area contributed by atoms with Crippen molar-refractivity contribution in [1.29, 1.82) is 0 Å². The lowest BCUT2D eigenvalue weighted by Crippen LogP contribution is -2.53. The van der Waals surface area contributed by atoms with Crippen LogP contribution in [-0.2, 0) is 0 Å². The minimum atomic E-state index is 0.204. The average molecular weight is 202 g/mol. The Hall–Kier alpha value is 0.270. The molecule has 1 heterocycles. The maximum atomic E-state index is 5.84. The van der Waals surface area contributed by atoms with Crippen LogP contribution in [0.4, 0.5) is 0 Å². The van der Waals surface area contributed by atoms with Crippen molar-refractivity contribution in [2.75, 3.05) is 25.1 Å². The van der Waals surface area contributed by atoms with Crippen molar-refractivity contribution >= 4 is 11.8 Å². The van der Waals surface area contributed by atoms with Gasteiger partial charge >= 0.3 is 0 Å². The van der Waals surface area contributed by atoms with Crippen LogP contribution in [0.15, 0.2) is 0 Å². The molecular weight excluding hydrogens is 180 g/mol. The molecule has 1 rings (SSSR count). The van der Waals surface area contributed by atoms with Gasteiger partial charge < -0.3 is 5.73 Å². The lowest BCUT2D eigenvalue weighted by atomic mass is 9.95. The van der Waals surface area contributed by atoms with Crippen LogP contribution in [0.25, 0.3) is 0 Å². The van der Waals surface area contributed by atoms with Gasteiger partial charge in [0.25, 0.3) is 0 Å². The number of thioether (sulfide) groups is 1. The zero-order valence-electron chi connectivity index (χ0n) is 9.05. The van der Waals surface area contributed by atoms with Crippen molar-refractivity contribution in [2.24, 2.45) is 5.73 Å². The van der Waals surface area contributed by atoms with Gasteiger partial charge in [0.1, 0.15) is 0 Å². The van der Waals surface area contributed by atoms with Crippen LogP contribution in [0.2, 0.25) is 0 Å². The van der Waals surface area contributed by atoms with E-state index in [1.165, 1.54) is 17.9 Å². The quantitative estimate of drug-likeness (QED) is 0.750. The molecule has 13 heavy (non-hydrogen) atoms. The Labute approximate surface area is 86.2 Å². The molecule has 1 aliphatic rings. The molecule has 0 amide bonds. The van der Waals surface area contributed by atoms with Crippen LogP contribution in [0.5, 0.6) is 0 Å². The summed E-state index contributed by atoms with van der Waals surface area (Å²) >= 11 is 2.07. The van der Waals surface area contributed by atoms with E-state index >= 15 is 0 Å². The van der Waals surface area contributed by atoms with Gasteiger partial charge in [0.05, 0.1) is 0 Å². The highest BCUT2D eigenvalue weighted by atomic mass is 32.2. The number of likely N-dealkylation sites (N-methyl/N-ethyl adjacent to an activating group) is 1. The molecule has 2 unspecified atom stereocenters. The molecule has 2 nitrogen and oxygen atoms in total. The summed E-state index contributed by atoms with van der Waals surface area (Å²) in [7, 11) is 2.23. The molecule has 0 aliphatic carbocycles. The summed E-state index contributed by atoms with van der Waals surface area (Å²) in [5.74, 6) is 2.60. The van der Waals surface area contributed by atoms with Crippen LogP contribution in [0.3, 0.4) is 0 Å². The molecule has 3 heteroatoms. The highest BCUT2D eigenvalue weighted by Gasteiger charge is 2.32. The van der Waals surface area contributed by atoms with E-state index in [4.69, 9.17) is 5.73 Å². The van der Waals surface area contributed by atoms with Crippen LogP contribution in [0.1, 0.15) is 26.7 Å². The molecule has 78 valence electrons. The van der Waals surface area contributed by atoms with E-state index in [1.54, 1.807) is 0 Å². The van der Waals surface area contributed by atoms with E-state index in [-0.39, 0.29) is 5.54 Å². The van der Waals surface area contributed by atoms with Gasteiger partial charge in [-0.1, -0.05) is 6.92 Å². The number of nitrogens with two attached hydrogens (primary N) is 1. The van der Waals surface area contributed by atoms with E-state index in [0.29, 0.717) is 0 Å². The molecule has 0 aromatic rings. The standard InChI is InChI=1S/C10H22N2S/c1-4-10(2,8-11)12(3)9-5-6-13-7-9/h9H,4-8,11H2,1-3H3. The number of rotatable bonds is 4. The first-order valence-corrected chi connectivity index (χ1v) is 6.30. The van der Waals surface area contributed by atoms with Crippen LogP contribution in [-0.4, -0.2) is 41.6 Å². The van der Waals surface area contributed by atoms with Crippen molar-refractivity contribution < 1.29 is 0 Å². The molecule has 0 aromatic carbocycles. The van der Waals surface area contributed by atoms with Crippen molar-refractivity contribution in [2.45, 2.75) is 38.3 Å². The molecular formula is C10H22N2S. The average Bonchev–Trinajstić information content (AvgIpc) is 2.68. The molecule has 1 aliphatic heterocycles. The van der Waals surface area contributed by atoms with Gasteiger partial charge in [0, 0.05) is 23.9 Å². The Morgan fingerprint density at radius 3 is 2.69 bits per heavy atom. The summed E-state index contributed by atoms with van der Waals surface area (Å²) in [5, 5.41) is 0. The van der Waals surface area contributed by atoms with E-state index < -0.39 is 0 Å². The Morgan fingerprint density at radius 2 is 2.31 bits per heavy atom. The Balaban J connectivity index is 2.57. The van der Waals surface area contributed by atoms with Gasteiger partial charge in [-0.3, -0.25) is 4.90 Å². The molecule has 0 bridgehead atoms. The second kappa shape index (κ2) is 4.67. The Morgan fingerprint density at radius 1 is 1.62 bits per heavy atom. The fourth-order valence-electron chi connectivity index (χ4n) is 1.81. The third-order valence-corrected chi connectivity index (χ3v) is 4.65. The molecule has 2 N–H and O–H groups in total. The zero-order chi connectivity index (χ0) is 9.90. The lowest BCUT2D eigenvalue weighted by molar-refractivity contribution is 0.0996. The third kappa shape index (κ3) is 2.39. The van der Waals surface area contributed by atoms with E-state index in [1.807, 2.05) is 0 Å². The highest BCUT2D eigenvalue weighted by molar-refractivity contribution is 7.99. The Bertz CT molecular complexity index is 151. The number of hydrogen-bond acceptors (Lipinski definition) is 3. The maximum absolute atomic E-state index is 5.84. The zero-order valence-corrected chi connectivity index (χ0v) is 9.86. The second-order valence-electron chi connectivity index (χ2n) is 4.18. The van der Waals surface area contributed by atoms with Crippen LogP contribution >= 0.6 is 11.8 Å². The fraction of sp³-hybridized carbons (Fsp3) is 1.00. The molecule has 0 saturated carbocycles. The van der Waals surface area contributed by atoms with Gasteiger partial charge in [-0.05, 0) is 32.6 Å². The summed E-state index contributed by atoms with van der Waals surface area (Å²) in [5.41, 5.74) is 6.04. The van der Waals surface area contributed by atoms with E-state index in [0.717, 1.165) is 19.0 Å². The summed E-state index contributed by atoms with van der Waals surface area (Å²) in [6, 6.07) is 0.749. The topological polar surface area (TPSA) is 29.3 Å². The molecule has 1 fully saturated rings. The fourth-order valence-corrected chi connectivity index (χ4v) is 3.07. The Kier molecular flexibility index (Phi) is 4.07. The van der Waals surface area contributed by atoms with Gasteiger partial charge in [0.2, 0.25) is 0 Å². The predicted octanol–water partition coefficient (Wildman–Crippen LogP) is 1.55. The summed E-state index contributed by atoms with van der Waals surface area (Å²) in [6.45, 7) is 5.27. The van der Waals surface area contributed by atoms with Gasteiger partial charge in [-0.15, -0.1) is 0 Å².